The second kappa shape index (κ2) is 10.7. The number of hydrogen-bond acceptors (Lipinski definition) is 9. The number of aliphatic hydroxyl groups is 1. The van der Waals surface area contributed by atoms with Crippen LogP contribution in [0, 0.1) is 5.82 Å². The van der Waals surface area contributed by atoms with E-state index in [-0.39, 0.29) is 29.7 Å². The first-order valence-electron chi connectivity index (χ1n) is 13.2. The molecular formula is C28H29FN8O4. The number of aliphatic hydroxyl groups excluding tert-OH is 1. The van der Waals surface area contributed by atoms with Crippen molar-refractivity contribution in [1.29, 1.82) is 0 Å². The van der Waals surface area contributed by atoms with Gasteiger partial charge >= 0.3 is 0 Å². The molecule has 13 heteroatoms. The van der Waals surface area contributed by atoms with Crippen molar-refractivity contribution < 1.29 is 23.8 Å². The molecule has 4 heterocycles. The Morgan fingerprint density at radius 3 is 2.83 bits per heavy atom. The van der Waals surface area contributed by atoms with Crippen LogP contribution in [0.3, 0.4) is 0 Å². The van der Waals surface area contributed by atoms with E-state index in [1.807, 2.05) is 17.0 Å². The zero-order valence-electron chi connectivity index (χ0n) is 22.3. The van der Waals surface area contributed by atoms with Crippen LogP contribution in [-0.2, 0) is 11.2 Å². The maximum Gasteiger partial charge on any atom is 0.253 e. The molecule has 1 saturated heterocycles. The highest BCUT2D eigenvalue weighted by Gasteiger charge is 2.30. The first-order valence-corrected chi connectivity index (χ1v) is 13.2. The Morgan fingerprint density at radius 1 is 1.22 bits per heavy atom. The third-order valence-electron chi connectivity index (χ3n) is 7.39. The molecule has 12 nitrogen and oxygen atoms in total. The monoisotopic (exact) mass is 560 g/mol. The van der Waals surface area contributed by atoms with Gasteiger partial charge in [-0.15, -0.1) is 0 Å². The summed E-state index contributed by atoms with van der Waals surface area (Å²) in [5.41, 5.74) is 8.25. The SMILES string of the molecule is COc1cc2c(cc1Nc1nc(Nc3cccc(F)c3C(N)=O)c3ccnc-3[nH]1)N(C(=O)CN1CCC(O)C1)CC2. The van der Waals surface area contributed by atoms with Gasteiger partial charge in [-0.2, -0.15) is 4.98 Å². The summed E-state index contributed by atoms with van der Waals surface area (Å²) in [6, 6.07) is 9.64. The third kappa shape index (κ3) is 5.12. The zero-order valence-corrected chi connectivity index (χ0v) is 22.3. The van der Waals surface area contributed by atoms with Crippen LogP contribution in [-0.4, -0.2) is 76.2 Å². The van der Waals surface area contributed by atoms with E-state index in [1.54, 1.807) is 24.3 Å². The van der Waals surface area contributed by atoms with Crippen molar-refractivity contribution in [3.05, 3.63) is 59.5 Å². The Labute approximate surface area is 234 Å². The quantitative estimate of drug-likeness (QED) is 0.218. The van der Waals surface area contributed by atoms with Gasteiger partial charge in [0.15, 0.2) is 0 Å². The van der Waals surface area contributed by atoms with Crippen LogP contribution in [0.25, 0.3) is 11.4 Å². The minimum Gasteiger partial charge on any atom is -0.495 e. The number of amides is 2. The van der Waals surface area contributed by atoms with E-state index in [9.17, 15) is 19.1 Å². The number of nitrogens with two attached hydrogens (primary N) is 1. The molecule has 4 aliphatic rings. The summed E-state index contributed by atoms with van der Waals surface area (Å²) in [4.78, 5) is 40.9. The Morgan fingerprint density at radius 2 is 2.07 bits per heavy atom. The van der Waals surface area contributed by atoms with E-state index in [4.69, 9.17) is 10.5 Å². The highest BCUT2D eigenvalue weighted by molar-refractivity contribution is 6.00. The van der Waals surface area contributed by atoms with Gasteiger partial charge in [0.2, 0.25) is 11.9 Å². The van der Waals surface area contributed by atoms with Crippen molar-refractivity contribution in [3.63, 3.8) is 0 Å². The van der Waals surface area contributed by atoms with Crippen molar-refractivity contribution >= 4 is 40.6 Å². The fourth-order valence-electron chi connectivity index (χ4n) is 5.40. The summed E-state index contributed by atoms with van der Waals surface area (Å²) < 4.78 is 20.0. The molecule has 0 radical (unpaired) electrons. The lowest BCUT2D eigenvalue weighted by atomic mass is 10.1. The number of nitrogens with one attached hydrogen (secondary N) is 3. The average molecular weight is 561 g/mol. The Kier molecular flexibility index (Phi) is 6.89. The Balaban J connectivity index is 1.31. The van der Waals surface area contributed by atoms with E-state index >= 15 is 0 Å². The van der Waals surface area contributed by atoms with Crippen molar-refractivity contribution in [3.8, 4) is 17.1 Å². The minimum absolute atomic E-state index is 0.0344. The zero-order chi connectivity index (χ0) is 28.7. The second-order valence-corrected chi connectivity index (χ2v) is 10.1. The fourth-order valence-corrected chi connectivity index (χ4v) is 5.40. The van der Waals surface area contributed by atoms with E-state index in [2.05, 4.69) is 25.6 Å². The number of H-pyrrole nitrogens is 1. The molecule has 0 aliphatic carbocycles. The van der Waals surface area contributed by atoms with Gasteiger partial charge in [0.1, 0.15) is 23.2 Å². The van der Waals surface area contributed by atoms with Gasteiger partial charge in [-0.05, 0) is 48.7 Å². The number of methoxy groups -OCH3 is 1. The largest absolute Gasteiger partial charge is 0.495 e. The number of likely N-dealkylation sites (tertiary alicyclic amines) is 1. The number of fused-ring (bicyclic) bond motifs is 2. The van der Waals surface area contributed by atoms with Gasteiger partial charge in [0.05, 0.1) is 42.3 Å². The lowest BCUT2D eigenvalue weighted by Gasteiger charge is -2.22. The number of carbonyl (C=O) groups is 2. The molecule has 6 rings (SSSR count). The molecule has 2 aromatic rings. The molecular weight excluding hydrogens is 531 g/mol. The van der Waals surface area contributed by atoms with Crippen LogP contribution in [0.1, 0.15) is 22.3 Å². The summed E-state index contributed by atoms with van der Waals surface area (Å²) in [7, 11) is 1.56. The number of anilines is 5. The Hall–Kier alpha value is -4.75. The maximum absolute atomic E-state index is 14.4. The highest BCUT2D eigenvalue weighted by atomic mass is 19.1. The molecule has 1 atom stereocenters. The number of β-amino-alcohol motifs (C(OH)–C–C–N with tert-alkyl or cyclic N) is 1. The van der Waals surface area contributed by atoms with E-state index < -0.39 is 17.8 Å². The minimum atomic E-state index is -0.911. The van der Waals surface area contributed by atoms with Crippen LogP contribution in [0.15, 0.2) is 42.6 Å². The number of carbonyl (C=O) groups excluding carboxylic acids is 2. The molecule has 2 aromatic carbocycles. The standard InChI is InChI=1S/C28H29FN8O4/c1-41-22-11-15-6-10-37(23(39)14-36-9-7-16(38)13-36)21(15)12-20(22)33-28-34-26-17(5-8-31-26)27(35-28)32-19-4-2-3-18(29)24(19)25(30)40/h2-5,8,11-12,16,38H,6-7,9-10,13-14H2,1H3,(H2,30,40)(H3,31,32,33,34,35). The number of halogens is 1. The summed E-state index contributed by atoms with van der Waals surface area (Å²) in [5, 5.41) is 16.1. The number of aromatic amines is 1. The lowest BCUT2D eigenvalue weighted by molar-refractivity contribution is -0.119. The van der Waals surface area contributed by atoms with Crippen molar-refractivity contribution in [2.75, 3.05) is 48.8 Å². The molecule has 1 fully saturated rings. The molecule has 4 aliphatic heterocycles. The van der Waals surface area contributed by atoms with Gasteiger partial charge < -0.3 is 36.1 Å². The predicted molar refractivity (Wildman–Crippen MR) is 151 cm³/mol. The number of primary amides is 1. The second-order valence-electron chi connectivity index (χ2n) is 10.1. The summed E-state index contributed by atoms with van der Waals surface area (Å²) >= 11 is 0. The van der Waals surface area contributed by atoms with Gasteiger partial charge in [-0.25, -0.2) is 9.37 Å². The lowest BCUT2D eigenvalue weighted by Crippen LogP contribution is -2.39. The van der Waals surface area contributed by atoms with Crippen LogP contribution in [0.2, 0.25) is 0 Å². The molecule has 6 N–H and O–H groups in total. The molecule has 0 saturated carbocycles. The van der Waals surface area contributed by atoms with Crippen LogP contribution in [0.4, 0.5) is 33.2 Å². The predicted octanol–water partition coefficient (Wildman–Crippen LogP) is 2.60. The van der Waals surface area contributed by atoms with Gasteiger partial charge in [0.25, 0.3) is 5.91 Å². The van der Waals surface area contributed by atoms with Crippen LogP contribution < -0.4 is 26.0 Å². The number of aromatic nitrogens is 3. The van der Waals surface area contributed by atoms with E-state index in [0.717, 1.165) is 17.3 Å². The molecule has 41 heavy (non-hydrogen) atoms. The maximum atomic E-state index is 14.4. The fraction of sp³-hybridized carbons (Fsp3) is 0.286. The van der Waals surface area contributed by atoms with Crippen molar-refractivity contribution in [1.82, 2.24) is 19.9 Å². The number of nitrogens with zero attached hydrogens (tertiary/aromatic N) is 4. The van der Waals surface area contributed by atoms with Crippen molar-refractivity contribution in [2.24, 2.45) is 5.73 Å². The van der Waals surface area contributed by atoms with E-state index in [1.165, 1.54) is 12.1 Å². The molecule has 0 bridgehead atoms. The van der Waals surface area contributed by atoms with Gasteiger partial charge in [-0.1, -0.05) is 6.07 Å². The summed E-state index contributed by atoms with van der Waals surface area (Å²) in [6.07, 6.45) is 2.56. The highest BCUT2D eigenvalue weighted by Crippen LogP contribution is 2.39. The average Bonchev–Trinajstić information content (AvgIpc) is 3.68. The van der Waals surface area contributed by atoms with Gasteiger partial charge in [0, 0.05) is 31.5 Å². The first kappa shape index (κ1) is 26.5. The summed E-state index contributed by atoms with van der Waals surface area (Å²) in [5.74, 6) is -0.0383. The smallest absolute Gasteiger partial charge is 0.253 e. The van der Waals surface area contributed by atoms with Gasteiger partial charge in [-0.3, -0.25) is 14.5 Å². The first-order chi connectivity index (χ1) is 19.8. The normalized spacial score (nSPS) is 16.7. The molecule has 2 amide bonds. The molecule has 0 spiro atoms. The molecule has 1 unspecified atom stereocenters. The van der Waals surface area contributed by atoms with Crippen molar-refractivity contribution in [2.45, 2.75) is 18.9 Å². The van der Waals surface area contributed by atoms with Crippen LogP contribution >= 0.6 is 0 Å². The Bertz CT molecular complexity index is 1610. The number of hydrogen-bond donors (Lipinski definition) is 5. The topological polar surface area (TPSA) is 162 Å². The molecule has 212 valence electrons. The van der Waals surface area contributed by atoms with Crippen LogP contribution in [0.5, 0.6) is 5.75 Å². The van der Waals surface area contributed by atoms with E-state index in [0.29, 0.717) is 61.1 Å². The number of ether oxygens (including phenoxy) is 1. The third-order valence-corrected chi connectivity index (χ3v) is 7.39. The molecule has 0 aromatic heterocycles. The summed E-state index contributed by atoms with van der Waals surface area (Å²) in [6.45, 7) is 1.97. The number of rotatable bonds is 8. The number of benzene rings is 2.